The highest BCUT2D eigenvalue weighted by molar-refractivity contribution is 7.09. The summed E-state index contributed by atoms with van der Waals surface area (Å²) in [6, 6.07) is 7.52. The van der Waals surface area contributed by atoms with Crippen molar-refractivity contribution in [2.45, 2.75) is 32.9 Å². The fourth-order valence-electron chi connectivity index (χ4n) is 2.30. The van der Waals surface area contributed by atoms with Crippen molar-refractivity contribution in [2.24, 2.45) is 0 Å². The number of nitrogens with one attached hydrogen (secondary N) is 1. The summed E-state index contributed by atoms with van der Waals surface area (Å²) in [5.74, 6) is 0.299. The number of hydrogen-bond acceptors (Lipinski definition) is 5. The SMILES string of the molecule is CC(C)c1nc(CNC(=O)c2ccccc2Cn2cncn2)cs1. The third-order valence-electron chi connectivity index (χ3n) is 3.55. The molecular formula is C17H19N5OS. The van der Waals surface area contributed by atoms with Crippen LogP contribution in [-0.4, -0.2) is 25.7 Å². The summed E-state index contributed by atoms with van der Waals surface area (Å²) < 4.78 is 1.70. The highest BCUT2D eigenvalue weighted by Crippen LogP contribution is 2.19. The van der Waals surface area contributed by atoms with Crippen LogP contribution in [0.1, 0.15) is 46.4 Å². The first-order chi connectivity index (χ1) is 11.6. The van der Waals surface area contributed by atoms with Crippen LogP contribution in [0.5, 0.6) is 0 Å². The van der Waals surface area contributed by atoms with Crippen LogP contribution in [0.25, 0.3) is 0 Å². The molecule has 0 bridgehead atoms. The molecule has 0 saturated carbocycles. The Morgan fingerprint density at radius 2 is 2.17 bits per heavy atom. The predicted octanol–water partition coefficient (Wildman–Crippen LogP) is 2.84. The highest BCUT2D eigenvalue weighted by Gasteiger charge is 2.12. The first-order valence-corrected chi connectivity index (χ1v) is 8.64. The number of carbonyl (C=O) groups excluding carboxylic acids is 1. The van der Waals surface area contributed by atoms with Gasteiger partial charge in [0, 0.05) is 16.9 Å². The number of nitrogens with zero attached hydrogens (tertiary/aromatic N) is 4. The van der Waals surface area contributed by atoms with Crippen LogP contribution in [0.15, 0.2) is 42.3 Å². The normalized spacial score (nSPS) is 11.0. The number of aromatic nitrogens is 4. The second-order valence-corrected chi connectivity index (χ2v) is 6.65. The molecule has 0 saturated heterocycles. The molecule has 0 fully saturated rings. The van der Waals surface area contributed by atoms with Crippen LogP contribution in [0, 0.1) is 0 Å². The van der Waals surface area contributed by atoms with Gasteiger partial charge in [-0.25, -0.2) is 14.6 Å². The zero-order valence-corrected chi connectivity index (χ0v) is 14.5. The number of benzene rings is 1. The van der Waals surface area contributed by atoms with E-state index in [2.05, 4.69) is 34.2 Å². The molecule has 2 aromatic heterocycles. The summed E-state index contributed by atoms with van der Waals surface area (Å²) in [6.07, 6.45) is 3.12. The average Bonchev–Trinajstić information content (AvgIpc) is 3.24. The van der Waals surface area contributed by atoms with Crippen molar-refractivity contribution >= 4 is 17.2 Å². The van der Waals surface area contributed by atoms with Crippen molar-refractivity contribution < 1.29 is 4.79 Å². The van der Waals surface area contributed by atoms with Crippen molar-refractivity contribution in [2.75, 3.05) is 0 Å². The minimum atomic E-state index is -0.107. The van der Waals surface area contributed by atoms with Crippen LogP contribution >= 0.6 is 11.3 Å². The minimum Gasteiger partial charge on any atom is -0.346 e. The largest absolute Gasteiger partial charge is 0.346 e. The van der Waals surface area contributed by atoms with Crippen LogP contribution in [0.2, 0.25) is 0 Å². The Bertz CT molecular complexity index is 810. The van der Waals surface area contributed by atoms with E-state index in [1.165, 1.54) is 6.33 Å². The molecule has 0 aliphatic heterocycles. The van der Waals surface area contributed by atoms with E-state index < -0.39 is 0 Å². The van der Waals surface area contributed by atoms with E-state index in [1.54, 1.807) is 22.3 Å². The molecule has 3 rings (SSSR count). The van der Waals surface area contributed by atoms with E-state index in [4.69, 9.17) is 0 Å². The van der Waals surface area contributed by atoms with Gasteiger partial charge in [-0.1, -0.05) is 32.0 Å². The van der Waals surface area contributed by atoms with Gasteiger partial charge in [0.2, 0.25) is 0 Å². The molecule has 2 heterocycles. The van der Waals surface area contributed by atoms with E-state index in [-0.39, 0.29) is 5.91 Å². The maximum Gasteiger partial charge on any atom is 0.251 e. The molecule has 7 heteroatoms. The molecule has 0 spiro atoms. The number of thiazole rings is 1. The second kappa shape index (κ2) is 7.35. The molecular weight excluding hydrogens is 322 g/mol. The first-order valence-electron chi connectivity index (χ1n) is 7.76. The van der Waals surface area contributed by atoms with Crippen molar-refractivity contribution in [3.8, 4) is 0 Å². The van der Waals surface area contributed by atoms with Gasteiger partial charge < -0.3 is 5.32 Å². The molecule has 1 amide bonds. The predicted molar refractivity (Wildman–Crippen MR) is 92.9 cm³/mol. The lowest BCUT2D eigenvalue weighted by atomic mass is 10.1. The van der Waals surface area contributed by atoms with Crippen LogP contribution in [0.3, 0.4) is 0 Å². The van der Waals surface area contributed by atoms with Crippen molar-refractivity contribution in [1.29, 1.82) is 0 Å². The molecule has 0 aliphatic carbocycles. The second-order valence-electron chi connectivity index (χ2n) is 5.76. The Morgan fingerprint density at radius 1 is 1.33 bits per heavy atom. The maximum atomic E-state index is 12.5. The Labute approximate surface area is 144 Å². The van der Waals surface area contributed by atoms with Crippen molar-refractivity contribution in [1.82, 2.24) is 25.1 Å². The van der Waals surface area contributed by atoms with Crippen molar-refractivity contribution in [3.05, 3.63) is 64.1 Å². The Morgan fingerprint density at radius 3 is 2.88 bits per heavy atom. The summed E-state index contributed by atoms with van der Waals surface area (Å²) in [5.41, 5.74) is 2.44. The number of carbonyl (C=O) groups is 1. The van der Waals surface area contributed by atoms with Gasteiger partial charge in [-0.15, -0.1) is 11.3 Å². The highest BCUT2D eigenvalue weighted by atomic mass is 32.1. The molecule has 0 unspecified atom stereocenters. The minimum absolute atomic E-state index is 0.107. The monoisotopic (exact) mass is 341 g/mol. The van der Waals surface area contributed by atoms with Gasteiger partial charge in [-0.3, -0.25) is 4.79 Å². The summed E-state index contributed by atoms with van der Waals surface area (Å²) >= 11 is 1.63. The number of amides is 1. The third-order valence-corrected chi connectivity index (χ3v) is 4.75. The van der Waals surface area contributed by atoms with Gasteiger partial charge in [-0.05, 0) is 11.6 Å². The van der Waals surface area contributed by atoms with Gasteiger partial charge in [0.25, 0.3) is 5.91 Å². The van der Waals surface area contributed by atoms with Crippen LogP contribution in [0.4, 0.5) is 0 Å². The molecule has 0 aliphatic rings. The first kappa shape index (κ1) is 16.3. The van der Waals surface area contributed by atoms with Crippen molar-refractivity contribution in [3.63, 3.8) is 0 Å². The molecule has 6 nitrogen and oxygen atoms in total. The molecule has 0 radical (unpaired) electrons. The Hall–Kier alpha value is -2.54. The molecule has 0 atom stereocenters. The lowest BCUT2D eigenvalue weighted by Gasteiger charge is -2.09. The van der Waals surface area contributed by atoms with Gasteiger partial charge in [0.05, 0.1) is 23.8 Å². The van der Waals surface area contributed by atoms with E-state index >= 15 is 0 Å². The third kappa shape index (κ3) is 3.86. The van der Waals surface area contributed by atoms with Gasteiger partial charge >= 0.3 is 0 Å². The lowest BCUT2D eigenvalue weighted by Crippen LogP contribution is -2.24. The molecule has 1 aromatic carbocycles. The lowest BCUT2D eigenvalue weighted by molar-refractivity contribution is 0.0949. The maximum absolute atomic E-state index is 12.5. The molecule has 124 valence electrons. The van der Waals surface area contributed by atoms with Gasteiger partial charge in [0.15, 0.2) is 0 Å². The van der Waals surface area contributed by atoms with Gasteiger partial charge in [-0.2, -0.15) is 5.10 Å². The molecule has 24 heavy (non-hydrogen) atoms. The Kier molecular flexibility index (Phi) is 5.00. The average molecular weight is 341 g/mol. The standard InChI is InChI=1S/C17H19N5OS/c1-12(2)17-21-14(9-24-17)7-19-16(23)15-6-4-3-5-13(15)8-22-11-18-10-20-22/h3-6,9-12H,7-8H2,1-2H3,(H,19,23). The summed E-state index contributed by atoms with van der Waals surface area (Å²) in [4.78, 5) is 21.0. The van der Waals surface area contributed by atoms with E-state index in [0.717, 1.165) is 16.3 Å². The van der Waals surface area contributed by atoms with Crippen LogP contribution in [-0.2, 0) is 13.1 Å². The number of rotatable bonds is 6. The summed E-state index contributed by atoms with van der Waals surface area (Å²) in [5, 5.41) is 10.1. The Balaban J connectivity index is 1.68. The summed E-state index contributed by atoms with van der Waals surface area (Å²) in [7, 11) is 0. The van der Waals surface area contributed by atoms with Gasteiger partial charge in [0.1, 0.15) is 12.7 Å². The topological polar surface area (TPSA) is 72.7 Å². The van der Waals surface area contributed by atoms with E-state index in [9.17, 15) is 4.79 Å². The van der Waals surface area contributed by atoms with Crippen LogP contribution < -0.4 is 5.32 Å². The number of hydrogen-bond donors (Lipinski definition) is 1. The molecule has 1 N–H and O–H groups in total. The fourth-order valence-corrected chi connectivity index (χ4v) is 3.14. The molecule has 3 aromatic rings. The van der Waals surface area contributed by atoms with E-state index in [1.807, 2.05) is 29.6 Å². The smallest absolute Gasteiger partial charge is 0.251 e. The van der Waals surface area contributed by atoms with E-state index in [0.29, 0.717) is 24.6 Å². The zero-order chi connectivity index (χ0) is 16.9. The summed E-state index contributed by atoms with van der Waals surface area (Å²) in [6.45, 7) is 5.17. The fraction of sp³-hybridized carbons (Fsp3) is 0.294. The quantitative estimate of drug-likeness (QED) is 0.748. The zero-order valence-electron chi connectivity index (χ0n) is 13.6.